The van der Waals surface area contributed by atoms with Crippen molar-refractivity contribution in [3.8, 4) is 16.9 Å². The van der Waals surface area contributed by atoms with Gasteiger partial charge in [-0.1, -0.05) is 32.4 Å². The fourth-order valence-electron chi connectivity index (χ4n) is 4.24. The number of carbonyl (C=O) groups is 1. The molecule has 0 aliphatic heterocycles. The number of unbranched alkanes of at least 4 members (excludes halogenated alkanes) is 1. The van der Waals surface area contributed by atoms with Crippen LogP contribution in [0.4, 0.5) is 4.39 Å². The molecule has 216 valence electrons. The molecule has 0 aliphatic rings. The number of nitrogens with one attached hydrogen (secondary N) is 1. The molecule has 0 saturated heterocycles. The lowest BCUT2D eigenvalue weighted by atomic mass is 9.89. The number of aromatic nitrogens is 1. The molecular weight excluding hydrogens is 555 g/mol. The Hall–Kier alpha value is -2.99. The van der Waals surface area contributed by atoms with Gasteiger partial charge in [-0.05, 0) is 54.3 Å². The molecule has 0 bridgehead atoms. The van der Waals surface area contributed by atoms with Crippen LogP contribution in [0.5, 0.6) is 5.75 Å². The van der Waals surface area contributed by atoms with Crippen molar-refractivity contribution in [1.29, 1.82) is 0 Å². The normalized spacial score (nSPS) is 13.2. The van der Waals surface area contributed by atoms with Crippen LogP contribution in [-0.4, -0.2) is 41.9 Å². The smallest absolute Gasteiger partial charge is 0.250 e. The van der Waals surface area contributed by atoms with Crippen molar-refractivity contribution < 1.29 is 26.9 Å². The van der Waals surface area contributed by atoms with Crippen LogP contribution < -0.4 is 15.0 Å². The third kappa shape index (κ3) is 7.60. The number of nitrogens with zero attached hydrogens (tertiary/aromatic N) is 1. The molecule has 3 rings (SSSR count). The van der Waals surface area contributed by atoms with Gasteiger partial charge >= 0.3 is 0 Å². The van der Waals surface area contributed by atoms with Crippen LogP contribution in [0, 0.1) is 5.82 Å². The molecule has 2 aromatic carbocycles. The minimum absolute atomic E-state index is 0.00629. The van der Waals surface area contributed by atoms with E-state index < -0.39 is 38.8 Å². The first-order chi connectivity index (χ1) is 18.9. The summed E-state index contributed by atoms with van der Waals surface area (Å²) in [7, 11) is -0.498. The summed E-state index contributed by atoms with van der Waals surface area (Å²) < 4.78 is 61.3. The third-order valence-corrected chi connectivity index (χ3v) is 9.51. The van der Waals surface area contributed by atoms with Gasteiger partial charge in [0.2, 0.25) is 0 Å². The second kappa shape index (κ2) is 13.6. The van der Waals surface area contributed by atoms with Crippen molar-refractivity contribution in [2.45, 2.75) is 45.4 Å². The van der Waals surface area contributed by atoms with Crippen LogP contribution in [-0.2, 0) is 34.0 Å². The minimum Gasteiger partial charge on any atom is -0.598 e. The lowest BCUT2D eigenvalue weighted by Gasteiger charge is -2.22. The van der Waals surface area contributed by atoms with E-state index in [-0.39, 0.29) is 33.9 Å². The number of rotatable bonds is 13. The Morgan fingerprint density at radius 2 is 1.88 bits per heavy atom. The summed E-state index contributed by atoms with van der Waals surface area (Å²) in [5.74, 6) is -1.04. The van der Waals surface area contributed by atoms with Crippen LogP contribution in [0.1, 0.15) is 66.7 Å². The number of aryl methyl sites for hydroxylation is 1. The molecule has 40 heavy (non-hydrogen) atoms. The highest BCUT2D eigenvalue weighted by Gasteiger charge is 2.24. The van der Waals surface area contributed by atoms with Gasteiger partial charge in [0, 0.05) is 53.1 Å². The number of halogens is 1. The van der Waals surface area contributed by atoms with E-state index in [9.17, 15) is 27.0 Å². The minimum atomic E-state index is -3.39. The number of hydrogen-bond acceptors (Lipinski definition) is 7. The maximum Gasteiger partial charge on any atom is 0.250 e. The monoisotopic (exact) mass is 590 g/mol. The SMILES string of the molecule is CCCC[S@+]([O-])N[C@@H](C)c1cc(=O)n(C)cc1-c1cc(CS(=O)(=O)CC)ccc1C(=O)c1ccc(OC)c(F)c1. The first-order valence-corrected chi connectivity index (χ1v) is 16.1. The van der Waals surface area contributed by atoms with E-state index in [2.05, 4.69) is 4.72 Å². The van der Waals surface area contributed by atoms with E-state index in [1.165, 1.54) is 35.9 Å². The fourth-order valence-corrected chi connectivity index (χ4v) is 6.33. The maximum atomic E-state index is 14.5. The van der Waals surface area contributed by atoms with Gasteiger partial charge in [0.05, 0.1) is 18.9 Å². The second-order valence-electron chi connectivity index (χ2n) is 9.57. The van der Waals surface area contributed by atoms with Crippen molar-refractivity contribution in [1.82, 2.24) is 9.29 Å². The van der Waals surface area contributed by atoms with Crippen LogP contribution in [0.3, 0.4) is 0 Å². The van der Waals surface area contributed by atoms with Crippen LogP contribution >= 0.6 is 0 Å². The van der Waals surface area contributed by atoms with Gasteiger partial charge in [-0.15, -0.1) is 4.72 Å². The predicted octanol–water partition coefficient (Wildman–Crippen LogP) is 4.48. The molecular formula is C29H35FN2O6S2. The quantitative estimate of drug-likeness (QED) is 0.230. The van der Waals surface area contributed by atoms with E-state index >= 15 is 0 Å². The number of ether oxygens (including phenoxy) is 1. The molecule has 0 aliphatic carbocycles. The summed E-state index contributed by atoms with van der Waals surface area (Å²) in [4.78, 5) is 26.4. The number of benzene rings is 2. The van der Waals surface area contributed by atoms with Gasteiger partial charge in [-0.2, -0.15) is 0 Å². The van der Waals surface area contributed by atoms with Gasteiger partial charge in [0.25, 0.3) is 5.56 Å². The van der Waals surface area contributed by atoms with E-state index in [4.69, 9.17) is 4.74 Å². The molecule has 0 fully saturated rings. The van der Waals surface area contributed by atoms with Gasteiger partial charge in [0.1, 0.15) is 5.75 Å². The van der Waals surface area contributed by atoms with Crippen LogP contribution in [0.15, 0.2) is 53.5 Å². The first kappa shape index (κ1) is 31.5. The number of methoxy groups -OCH3 is 1. The van der Waals surface area contributed by atoms with Gasteiger partial charge in [-0.25, -0.2) is 12.8 Å². The molecule has 3 aromatic rings. The summed E-state index contributed by atoms with van der Waals surface area (Å²) in [5, 5.41) is 0. The average Bonchev–Trinajstić information content (AvgIpc) is 2.92. The molecule has 0 radical (unpaired) electrons. The lowest BCUT2D eigenvalue weighted by Crippen LogP contribution is -2.30. The number of sulfone groups is 1. The van der Waals surface area contributed by atoms with Crippen molar-refractivity contribution in [2.75, 3.05) is 18.6 Å². The molecule has 0 spiro atoms. The first-order valence-electron chi connectivity index (χ1n) is 13.0. The van der Waals surface area contributed by atoms with Crippen molar-refractivity contribution in [2.24, 2.45) is 7.05 Å². The molecule has 1 aromatic heterocycles. The standard InChI is InChI=1S/C29H35FN2O6S2/c1-6-8-13-39(35)31-19(3)23-16-28(33)32(4)17-25(23)24-14-20(18-40(36,37)7-2)9-11-22(24)29(34)21-10-12-27(38-5)26(30)15-21/h9-12,14-17,19,31H,6-8,13,18H2,1-5H3/t19-,39-/m0/s1. The average molecular weight is 591 g/mol. The molecule has 2 atom stereocenters. The predicted molar refractivity (Wildman–Crippen MR) is 156 cm³/mol. The molecule has 0 unspecified atom stereocenters. The summed E-state index contributed by atoms with van der Waals surface area (Å²) >= 11 is -1.35. The summed E-state index contributed by atoms with van der Waals surface area (Å²) in [6.07, 6.45) is 3.22. The summed E-state index contributed by atoms with van der Waals surface area (Å²) in [5.41, 5.74) is 1.79. The van der Waals surface area contributed by atoms with E-state index in [1.807, 2.05) is 6.92 Å². The number of carbonyl (C=O) groups excluding carboxylic acids is 1. The second-order valence-corrected chi connectivity index (χ2v) is 13.3. The van der Waals surface area contributed by atoms with Crippen LogP contribution in [0.25, 0.3) is 11.1 Å². The molecule has 0 amide bonds. The highest BCUT2D eigenvalue weighted by molar-refractivity contribution is 7.90. The largest absolute Gasteiger partial charge is 0.598 e. The molecule has 1 N–H and O–H groups in total. The van der Waals surface area contributed by atoms with Gasteiger partial charge in [-0.3, -0.25) is 9.59 Å². The Kier molecular flexibility index (Phi) is 10.7. The van der Waals surface area contributed by atoms with E-state index in [0.29, 0.717) is 28.0 Å². The van der Waals surface area contributed by atoms with Gasteiger partial charge < -0.3 is 13.9 Å². The third-order valence-electron chi connectivity index (χ3n) is 6.58. The number of pyridine rings is 1. The Balaban J connectivity index is 2.23. The van der Waals surface area contributed by atoms with Crippen molar-refractivity contribution in [3.05, 3.63) is 87.1 Å². The summed E-state index contributed by atoms with van der Waals surface area (Å²) in [6.45, 7) is 5.33. The van der Waals surface area contributed by atoms with Crippen molar-refractivity contribution in [3.63, 3.8) is 0 Å². The zero-order valence-corrected chi connectivity index (χ0v) is 25.0. The lowest BCUT2D eigenvalue weighted by molar-refractivity contribution is 0.103. The fraction of sp³-hybridized carbons (Fsp3) is 0.379. The molecule has 0 saturated carbocycles. The Morgan fingerprint density at radius 1 is 1.15 bits per heavy atom. The highest BCUT2D eigenvalue weighted by Crippen LogP contribution is 2.33. The molecule has 8 nitrogen and oxygen atoms in total. The van der Waals surface area contributed by atoms with E-state index in [0.717, 1.165) is 18.9 Å². The maximum absolute atomic E-state index is 14.5. The highest BCUT2D eigenvalue weighted by atomic mass is 32.2. The van der Waals surface area contributed by atoms with E-state index in [1.54, 1.807) is 39.2 Å². The zero-order valence-electron chi connectivity index (χ0n) is 23.3. The Labute approximate surface area is 237 Å². The Morgan fingerprint density at radius 3 is 2.50 bits per heavy atom. The number of ketones is 1. The molecule has 11 heteroatoms. The van der Waals surface area contributed by atoms with Gasteiger partial charge in [0.15, 0.2) is 27.2 Å². The topological polar surface area (TPSA) is 118 Å². The Bertz CT molecular complexity index is 1540. The van der Waals surface area contributed by atoms with Crippen LogP contribution in [0.2, 0.25) is 0 Å². The molecule has 1 heterocycles. The van der Waals surface area contributed by atoms with Crippen molar-refractivity contribution >= 4 is 27.0 Å². The number of hydrogen-bond donors (Lipinski definition) is 1. The zero-order chi connectivity index (χ0) is 29.6. The summed E-state index contributed by atoms with van der Waals surface area (Å²) in [6, 6.07) is 9.48.